The predicted molar refractivity (Wildman–Crippen MR) is 55.0 cm³/mol. The lowest BCUT2D eigenvalue weighted by Gasteiger charge is -2.10. The van der Waals surface area contributed by atoms with Crippen molar-refractivity contribution in [1.29, 1.82) is 0 Å². The molecule has 1 rings (SSSR count). The second-order valence-electron chi connectivity index (χ2n) is 2.77. The second kappa shape index (κ2) is 5.69. The van der Waals surface area contributed by atoms with Crippen molar-refractivity contribution in [2.75, 3.05) is 13.7 Å². The fourth-order valence-corrected chi connectivity index (χ4v) is 1.83. The van der Waals surface area contributed by atoms with E-state index in [1.54, 1.807) is 6.92 Å². The van der Waals surface area contributed by atoms with Crippen LogP contribution in [0.25, 0.3) is 0 Å². The third-order valence-electron chi connectivity index (χ3n) is 1.58. The number of hydrogen-bond donors (Lipinski definition) is 3. The molecule has 1 unspecified atom stereocenters. The van der Waals surface area contributed by atoms with Gasteiger partial charge in [-0.1, -0.05) is 11.8 Å². The summed E-state index contributed by atoms with van der Waals surface area (Å²) >= 11 is 1.20. The lowest BCUT2D eigenvalue weighted by atomic mass is 10.4. The fraction of sp³-hybridized carbons (Fsp3) is 0.571. The Hall–Kier alpha value is -1.12. The van der Waals surface area contributed by atoms with Crippen molar-refractivity contribution in [3.05, 3.63) is 5.82 Å². The molecule has 0 radical (unpaired) electrons. The van der Waals surface area contributed by atoms with Gasteiger partial charge in [0, 0.05) is 7.11 Å². The van der Waals surface area contributed by atoms with Crippen LogP contribution < -0.4 is 11.3 Å². The van der Waals surface area contributed by atoms with Gasteiger partial charge in [0.25, 0.3) is 0 Å². The molecule has 1 heterocycles. The molecule has 1 amide bonds. The number of nitrogens with two attached hydrogens (primary N) is 1. The number of hydrazine groups is 1. The molecule has 0 aliphatic carbocycles. The maximum Gasteiger partial charge on any atom is 0.249 e. The van der Waals surface area contributed by atoms with Crippen molar-refractivity contribution in [2.45, 2.75) is 17.3 Å². The predicted octanol–water partition coefficient (Wildman–Crippen LogP) is -0.790. The average Bonchev–Trinajstić information content (AvgIpc) is 2.62. The van der Waals surface area contributed by atoms with E-state index in [9.17, 15) is 4.79 Å². The molecule has 0 fully saturated rings. The van der Waals surface area contributed by atoms with Gasteiger partial charge in [-0.15, -0.1) is 5.10 Å². The molecule has 0 bridgehead atoms. The van der Waals surface area contributed by atoms with Gasteiger partial charge in [-0.05, 0) is 6.92 Å². The summed E-state index contributed by atoms with van der Waals surface area (Å²) in [7, 11) is 1.51. The summed E-state index contributed by atoms with van der Waals surface area (Å²) in [6.07, 6.45) is 0. The molecule has 84 valence electrons. The average molecular weight is 231 g/mol. The Labute approximate surface area is 91.1 Å². The Bertz CT molecular complexity index is 329. The van der Waals surface area contributed by atoms with Crippen LogP contribution in [0.1, 0.15) is 5.82 Å². The van der Waals surface area contributed by atoms with Gasteiger partial charge in [-0.3, -0.25) is 15.3 Å². The SMILES string of the molecule is COCC(Sc1n[nH]c(C)n1)C(=O)NN. The van der Waals surface area contributed by atoms with Gasteiger partial charge < -0.3 is 4.74 Å². The fourth-order valence-electron chi connectivity index (χ4n) is 0.910. The van der Waals surface area contributed by atoms with Gasteiger partial charge in [0.2, 0.25) is 11.1 Å². The number of carbonyl (C=O) groups excluding carboxylic acids is 1. The van der Waals surface area contributed by atoms with E-state index >= 15 is 0 Å². The third kappa shape index (κ3) is 3.50. The van der Waals surface area contributed by atoms with Crippen LogP contribution in [0.15, 0.2) is 5.16 Å². The quantitative estimate of drug-likeness (QED) is 0.265. The molecular weight excluding hydrogens is 218 g/mol. The smallest absolute Gasteiger partial charge is 0.249 e. The van der Waals surface area contributed by atoms with Crippen molar-refractivity contribution in [3.8, 4) is 0 Å². The molecule has 4 N–H and O–H groups in total. The molecule has 15 heavy (non-hydrogen) atoms. The third-order valence-corrected chi connectivity index (χ3v) is 2.61. The highest BCUT2D eigenvalue weighted by molar-refractivity contribution is 8.00. The summed E-state index contributed by atoms with van der Waals surface area (Å²) in [6, 6.07) is 0. The molecule has 1 aromatic heterocycles. The summed E-state index contributed by atoms with van der Waals surface area (Å²) in [5.74, 6) is 5.43. The number of H-pyrrole nitrogens is 1. The van der Waals surface area contributed by atoms with E-state index < -0.39 is 5.25 Å². The first-order valence-corrected chi connectivity index (χ1v) is 5.10. The lowest BCUT2D eigenvalue weighted by molar-refractivity contribution is -0.121. The van der Waals surface area contributed by atoms with E-state index in [0.29, 0.717) is 11.0 Å². The molecular formula is C7H13N5O2S. The maximum atomic E-state index is 11.3. The number of carbonyl (C=O) groups is 1. The molecule has 0 saturated carbocycles. The molecule has 7 nitrogen and oxygen atoms in total. The van der Waals surface area contributed by atoms with E-state index in [-0.39, 0.29) is 12.5 Å². The van der Waals surface area contributed by atoms with Crippen molar-refractivity contribution in [2.24, 2.45) is 5.84 Å². The molecule has 0 aromatic carbocycles. The number of nitrogens with one attached hydrogen (secondary N) is 2. The highest BCUT2D eigenvalue weighted by Gasteiger charge is 2.20. The number of hydrogen-bond acceptors (Lipinski definition) is 6. The Balaban J connectivity index is 2.62. The van der Waals surface area contributed by atoms with Gasteiger partial charge in [-0.25, -0.2) is 10.8 Å². The summed E-state index contributed by atoms with van der Waals surface area (Å²) in [5, 5.41) is 6.64. The molecule has 1 atom stereocenters. The zero-order valence-electron chi connectivity index (χ0n) is 8.48. The van der Waals surface area contributed by atoms with Crippen LogP contribution >= 0.6 is 11.8 Å². The second-order valence-corrected chi connectivity index (χ2v) is 3.94. The topological polar surface area (TPSA) is 106 Å². The summed E-state index contributed by atoms with van der Waals surface area (Å²) in [4.78, 5) is 15.4. The van der Waals surface area contributed by atoms with Crippen LogP contribution in [0, 0.1) is 6.92 Å². The van der Waals surface area contributed by atoms with E-state index in [0.717, 1.165) is 0 Å². The van der Waals surface area contributed by atoms with E-state index in [1.807, 2.05) is 0 Å². The number of nitrogens with zero attached hydrogens (tertiary/aromatic N) is 2. The van der Waals surface area contributed by atoms with Crippen molar-refractivity contribution < 1.29 is 9.53 Å². The van der Waals surface area contributed by atoms with Crippen LogP contribution in [-0.4, -0.2) is 40.1 Å². The number of aryl methyl sites for hydroxylation is 1. The monoisotopic (exact) mass is 231 g/mol. The van der Waals surface area contributed by atoms with Gasteiger partial charge in [0.15, 0.2) is 0 Å². The van der Waals surface area contributed by atoms with Crippen LogP contribution in [0.4, 0.5) is 0 Å². The zero-order valence-corrected chi connectivity index (χ0v) is 9.30. The summed E-state index contributed by atoms with van der Waals surface area (Å²) in [5.41, 5.74) is 2.07. The van der Waals surface area contributed by atoms with E-state index in [1.165, 1.54) is 18.9 Å². The summed E-state index contributed by atoms with van der Waals surface area (Å²) in [6.45, 7) is 2.03. The van der Waals surface area contributed by atoms with Crippen LogP contribution in [0.5, 0.6) is 0 Å². The summed E-state index contributed by atoms with van der Waals surface area (Å²) < 4.78 is 4.90. The molecule has 0 aliphatic heterocycles. The van der Waals surface area contributed by atoms with Crippen molar-refractivity contribution in [1.82, 2.24) is 20.6 Å². The number of amides is 1. The Kier molecular flexibility index (Phi) is 4.53. The largest absolute Gasteiger partial charge is 0.383 e. The minimum absolute atomic E-state index is 0.251. The van der Waals surface area contributed by atoms with Crippen LogP contribution in [-0.2, 0) is 9.53 Å². The number of ether oxygens (including phenoxy) is 1. The first kappa shape index (κ1) is 12.0. The molecule has 1 aromatic rings. The molecule has 0 spiro atoms. The normalized spacial score (nSPS) is 12.5. The van der Waals surface area contributed by atoms with Crippen molar-refractivity contribution in [3.63, 3.8) is 0 Å². The highest BCUT2D eigenvalue weighted by Crippen LogP contribution is 2.19. The van der Waals surface area contributed by atoms with Crippen molar-refractivity contribution >= 4 is 17.7 Å². The van der Waals surface area contributed by atoms with E-state index in [2.05, 4.69) is 20.6 Å². The Morgan fingerprint density at radius 2 is 2.53 bits per heavy atom. The molecule has 0 saturated heterocycles. The van der Waals surface area contributed by atoms with E-state index in [4.69, 9.17) is 10.6 Å². The maximum absolute atomic E-state index is 11.3. The highest BCUT2D eigenvalue weighted by atomic mass is 32.2. The number of aromatic nitrogens is 3. The van der Waals surface area contributed by atoms with Gasteiger partial charge in [0.1, 0.15) is 11.1 Å². The van der Waals surface area contributed by atoms with Crippen LogP contribution in [0.2, 0.25) is 0 Å². The number of thioether (sulfide) groups is 1. The van der Waals surface area contributed by atoms with Gasteiger partial charge >= 0.3 is 0 Å². The van der Waals surface area contributed by atoms with Gasteiger partial charge in [-0.2, -0.15) is 0 Å². The first-order chi connectivity index (χ1) is 7.17. The number of methoxy groups -OCH3 is 1. The number of aromatic amines is 1. The molecule has 0 aliphatic rings. The molecule has 8 heteroatoms. The Morgan fingerprint density at radius 3 is 3.00 bits per heavy atom. The minimum atomic E-state index is -0.449. The standard InChI is InChI=1S/C7H13N5O2S/c1-4-9-7(12-11-4)15-5(3-14-2)6(13)10-8/h5H,3,8H2,1-2H3,(H,10,13)(H,9,11,12). The zero-order chi connectivity index (χ0) is 11.3. The minimum Gasteiger partial charge on any atom is -0.383 e. The first-order valence-electron chi connectivity index (χ1n) is 4.22. The lowest BCUT2D eigenvalue weighted by Crippen LogP contribution is -2.39. The number of rotatable bonds is 5. The Morgan fingerprint density at radius 1 is 1.80 bits per heavy atom. The van der Waals surface area contributed by atoms with Gasteiger partial charge in [0.05, 0.1) is 6.61 Å². The van der Waals surface area contributed by atoms with Crippen LogP contribution in [0.3, 0.4) is 0 Å².